The molecule has 0 aliphatic carbocycles. The number of hydrogen-bond donors (Lipinski definition) is 0. The highest BCUT2D eigenvalue weighted by atomic mass is 15.0. The van der Waals surface area contributed by atoms with Crippen LogP contribution in [-0.2, 0) is 0 Å². The Morgan fingerprint density at radius 2 is 1.62 bits per heavy atom. The van der Waals surface area contributed by atoms with Crippen molar-refractivity contribution >= 4 is 0 Å². The van der Waals surface area contributed by atoms with Crippen molar-refractivity contribution < 1.29 is 0 Å². The predicted octanol–water partition coefficient (Wildman–Crippen LogP) is 4.56. The molecule has 1 nitrogen and oxygen atoms in total. The van der Waals surface area contributed by atoms with Gasteiger partial charge in [0.15, 0.2) is 0 Å². The smallest absolute Gasteiger partial charge is 0.00556 e. The molecule has 0 aliphatic heterocycles. The van der Waals surface area contributed by atoms with Crippen molar-refractivity contribution in [3.8, 4) is 0 Å². The van der Waals surface area contributed by atoms with E-state index in [4.69, 9.17) is 0 Å². The minimum atomic E-state index is 1.21. The second-order valence-electron chi connectivity index (χ2n) is 3.55. The summed E-state index contributed by atoms with van der Waals surface area (Å²) in [6.45, 7) is 14.0. The molecule has 0 spiro atoms. The second kappa shape index (κ2) is 10.3. The first-order chi connectivity index (χ1) is 7.52. The first-order valence-electron chi connectivity index (χ1n) is 5.84. The normalized spacial score (nSPS) is 12.8. The van der Waals surface area contributed by atoms with E-state index in [1.54, 1.807) is 0 Å². The quantitative estimate of drug-likeness (QED) is 0.629. The van der Waals surface area contributed by atoms with Crippen LogP contribution < -0.4 is 0 Å². The van der Waals surface area contributed by atoms with Gasteiger partial charge >= 0.3 is 0 Å². The maximum absolute atomic E-state index is 3.79. The third-order valence-corrected chi connectivity index (χ3v) is 2.13. The van der Waals surface area contributed by atoms with E-state index in [-0.39, 0.29) is 0 Å². The molecule has 1 heteroatoms. The van der Waals surface area contributed by atoms with Gasteiger partial charge in [0.05, 0.1) is 0 Å². The van der Waals surface area contributed by atoms with E-state index < -0.39 is 0 Å². The van der Waals surface area contributed by atoms with Crippen molar-refractivity contribution in [2.45, 2.75) is 34.6 Å². The van der Waals surface area contributed by atoms with Gasteiger partial charge in [-0.2, -0.15) is 0 Å². The lowest BCUT2D eigenvalue weighted by atomic mass is 10.0. The summed E-state index contributed by atoms with van der Waals surface area (Å²) in [5, 5.41) is 0. The fourth-order valence-electron chi connectivity index (χ4n) is 1.06. The Labute approximate surface area is 102 Å². The molecule has 0 unspecified atom stereocenters. The average Bonchev–Trinajstić information content (AvgIpc) is 2.30. The average molecular weight is 221 g/mol. The molecule has 0 amide bonds. The summed E-state index contributed by atoms with van der Waals surface area (Å²) in [5.74, 6) is 0. The zero-order valence-electron chi connectivity index (χ0n) is 12.0. The zero-order valence-corrected chi connectivity index (χ0v) is 12.0. The molecular weight excluding hydrogens is 194 g/mol. The molecule has 0 saturated heterocycles. The topological polar surface area (TPSA) is 3.24 Å². The molecule has 0 heterocycles. The van der Waals surface area contributed by atoms with Crippen LogP contribution in [0.2, 0.25) is 0 Å². The molecule has 16 heavy (non-hydrogen) atoms. The summed E-state index contributed by atoms with van der Waals surface area (Å²) < 4.78 is 0. The van der Waals surface area contributed by atoms with E-state index in [0.717, 1.165) is 0 Å². The van der Waals surface area contributed by atoms with Crippen LogP contribution >= 0.6 is 0 Å². The van der Waals surface area contributed by atoms with Crippen LogP contribution in [0, 0.1) is 0 Å². The van der Waals surface area contributed by atoms with Gasteiger partial charge < -0.3 is 4.90 Å². The third kappa shape index (κ3) is 7.10. The Bertz CT molecular complexity index is 278. The molecule has 0 aromatic carbocycles. The summed E-state index contributed by atoms with van der Waals surface area (Å²) in [5.41, 5.74) is 3.73. The second-order valence-corrected chi connectivity index (χ2v) is 3.55. The van der Waals surface area contributed by atoms with E-state index in [9.17, 15) is 0 Å². The van der Waals surface area contributed by atoms with Crippen LogP contribution in [0.25, 0.3) is 0 Å². The number of allylic oxidation sites excluding steroid dienone is 6. The monoisotopic (exact) mass is 221 g/mol. The highest BCUT2D eigenvalue weighted by molar-refractivity contribution is 5.44. The largest absolute Gasteiger partial charge is 0.383 e. The molecule has 92 valence electrons. The maximum Gasteiger partial charge on any atom is 0.00556 e. The molecule has 0 fully saturated rings. The summed E-state index contributed by atoms with van der Waals surface area (Å²) in [7, 11) is 4.03. The number of nitrogens with zero attached hydrogens (tertiary/aromatic N) is 1. The van der Waals surface area contributed by atoms with Gasteiger partial charge in [0, 0.05) is 14.1 Å². The van der Waals surface area contributed by atoms with Crippen LogP contribution in [0.1, 0.15) is 34.6 Å². The van der Waals surface area contributed by atoms with Gasteiger partial charge in [0.25, 0.3) is 0 Å². The van der Waals surface area contributed by atoms with Crippen LogP contribution in [0.5, 0.6) is 0 Å². The lowest BCUT2D eigenvalue weighted by Gasteiger charge is -2.08. The van der Waals surface area contributed by atoms with E-state index >= 15 is 0 Å². The molecule has 0 atom stereocenters. The highest BCUT2D eigenvalue weighted by Gasteiger charge is 1.97. The van der Waals surface area contributed by atoms with Gasteiger partial charge in [-0.3, -0.25) is 0 Å². The van der Waals surface area contributed by atoms with E-state index in [1.165, 1.54) is 16.7 Å². The molecular formula is C15H27N. The summed E-state index contributed by atoms with van der Waals surface area (Å²) in [4.78, 5) is 2.03. The van der Waals surface area contributed by atoms with Crippen LogP contribution in [-0.4, -0.2) is 19.0 Å². The Kier molecular flexibility index (Phi) is 11.0. The Balaban J connectivity index is 0. The molecule has 0 aromatic rings. The summed E-state index contributed by atoms with van der Waals surface area (Å²) in [6.07, 6.45) is 8.17. The Hall–Kier alpha value is -1.24. The summed E-state index contributed by atoms with van der Waals surface area (Å²) in [6, 6.07) is 0. The molecule has 0 rings (SSSR count). The van der Waals surface area contributed by atoms with Crippen molar-refractivity contribution in [2.24, 2.45) is 0 Å². The van der Waals surface area contributed by atoms with Crippen molar-refractivity contribution in [3.05, 3.63) is 47.7 Å². The Morgan fingerprint density at radius 3 is 1.94 bits per heavy atom. The minimum absolute atomic E-state index is 1.21. The maximum atomic E-state index is 3.79. The highest BCUT2D eigenvalue weighted by Crippen LogP contribution is 2.16. The number of hydrogen-bond acceptors (Lipinski definition) is 1. The SMILES string of the molecule is C=C/C(C)=C(/C=C\N(C)C)C(\C)=C/C.CC. The van der Waals surface area contributed by atoms with E-state index in [2.05, 4.69) is 45.7 Å². The van der Waals surface area contributed by atoms with Crippen LogP contribution in [0.4, 0.5) is 0 Å². The molecule has 0 N–H and O–H groups in total. The number of rotatable bonds is 4. The fraction of sp³-hybridized carbons (Fsp3) is 0.467. The first kappa shape index (κ1) is 17.2. The van der Waals surface area contributed by atoms with E-state index in [0.29, 0.717) is 0 Å². The lowest BCUT2D eigenvalue weighted by molar-refractivity contribution is 0.563. The lowest BCUT2D eigenvalue weighted by Crippen LogP contribution is -2.00. The van der Waals surface area contributed by atoms with Crippen molar-refractivity contribution in [3.63, 3.8) is 0 Å². The minimum Gasteiger partial charge on any atom is -0.383 e. The van der Waals surface area contributed by atoms with Gasteiger partial charge in [-0.05, 0) is 49.8 Å². The third-order valence-electron chi connectivity index (χ3n) is 2.13. The zero-order chi connectivity index (χ0) is 13.1. The molecule has 0 saturated carbocycles. The van der Waals surface area contributed by atoms with Crippen molar-refractivity contribution in [2.75, 3.05) is 14.1 Å². The molecule has 0 radical (unpaired) electrons. The standard InChI is InChI=1S/C13H21N.C2H6/c1-7-11(3)13(12(4)8-2)9-10-14(5)6;1-2/h7-10H,1H2,2-6H3;1-2H3/b10-9-,12-8-,13-11-;. The predicted molar refractivity (Wildman–Crippen MR) is 76.5 cm³/mol. The van der Waals surface area contributed by atoms with Crippen LogP contribution in [0.3, 0.4) is 0 Å². The molecule has 0 aliphatic rings. The first-order valence-corrected chi connectivity index (χ1v) is 5.84. The van der Waals surface area contributed by atoms with Crippen LogP contribution in [0.15, 0.2) is 47.7 Å². The van der Waals surface area contributed by atoms with E-state index in [1.807, 2.05) is 38.9 Å². The molecule has 0 bridgehead atoms. The van der Waals surface area contributed by atoms with Gasteiger partial charge in [0.2, 0.25) is 0 Å². The molecule has 0 aromatic heterocycles. The summed E-state index contributed by atoms with van der Waals surface area (Å²) >= 11 is 0. The van der Waals surface area contributed by atoms with Gasteiger partial charge in [-0.1, -0.05) is 32.6 Å². The van der Waals surface area contributed by atoms with Gasteiger partial charge in [0.1, 0.15) is 0 Å². The van der Waals surface area contributed by atoms with Crippen molar-refractivity contribution in [1.29, 1.82) is 0 Å². The van der Waals surface area contributed by atoms with Crippen molar-refractivity contribution in [1.82, 2.24) is 4.90 Å². The fourth-order valence-corrected chi connectivity index (χ4v) is 1.06. The van der Waals surface area contributed by atoms with Gasteiger partial charge in [-0.25, -0.2) is 0 Å². The Morgan fingerprint density at radius 1 is 1.12 bits per heavy atom. The van der Waals surface area contributed by atoms with Gasteiger partial charge in [-0.15, -0.1) is 0 Å².